The Balaban J connectivity index is 1.74. The van der Waals surface area contributed by atoms with Crippen LogP contribution in [0.25, 0.3) is 0 Å². The van der Waals surface area contributed by atoms with Crippen LogP contribution >= 0.6 is 0 Å². The molecule has 24 heavy (non-hydrogen) atoms. The van der Waals surface area contributed by atoms with Crippen LogP contribution < -0.4 is 10.6 Å². The molecule has 2 rings (SSSR count). The van der Waals surface area contributed by atoms with Gasteiger partial charge in [0.1, 0.15) is 12.6 Å². The Bertz CT molecular complexity index is 454. The molecule has 138 valence electrons. The average Bonchev–Trinajstić information content (AvgIpc) is 3.30. The fraction of sp³-hybridized carbons (Fsp3) is 0.867. The highest BCUT2D eigenvalue weighted by molar-refractivity contribution is 5.77. The highest BCUT2D eigenvalue weighted by atomic mass is 19.4. The summed E-state index contributed by atoms with van der Waals surface area (Å²) >= 11 is 0. The highest BCUT2D eigenvalue weighted by Crippen LogP contribution is 2.32. The summed E-state index contributed by atoms with van der Waals surface area (Å²) in [6, 6.07) is -0.337. The van der Waals surface area contributed by atoms with E-state index in [0.29, 0.717) is 25.2 Å². The smallest absolute Gasteiger partial charge is 0.394 e. The first-order valence-corrected chi connectivity index (χ1v) is 8.16. The van der Waals surface area contributed by atoms with Crippen LogP contribution in [0.5, 0.6) is 0 Å². The van der Waals surface area contributed by atoms with E-state index in [0.717, 1.165) is 12.8 Å². The SMILES string of the molecule is O=C(C[C@@H]1CC[C@@H](NC(=O)CC2CC2)[C@@H](CO)O1)NCC(F)(F)F. The number of ether oxygens (including phenoxy) is 1. The van der Waals surface area contributed by atoms with Crippen LogP contribution in [-0.4, -0.2) is 54.5 Å². The lowest BCUT2D eigenvalue weighted by atomic mass is 9.96. The van der Waals surface area contributed by atoms with Gasteiger partial charge in [0.15, 0.2) is 0 Å². The number of hydrogen-bond donors (Lipinski definition) is 3. The van der Waals surface area contributed by atoms with E-state index in [4.69, 9.17) is 4.74 Å². The van der Waals surface area contributed by atoms with E-state index in [9.17, 15) is 27.9 Å². The highest BCUT2D eigenvalue weighted by Gasteiger charge is 2.34. The van der Waals surface area contributed by atoms with Gasteiger partial charge >= 0.3 is 6.18 Å². The van der Waals surface area contributed by atoms with Crippen molar-refractivity contribution < 1.29 is 32.6 Å². The van der Waals surface area contributed by atoms with Crippen LogP contribution in [0, 0.1) is 5.92 Å². The zero-order chi connectivity index (χ0) is 17.7. The second-order valence-corrected chi connectivity index (χ2v) is 6.47. The van der Waals surface area contributed by atoms with Gasteiger partial charge in [-0.25, -0.2) is 0 Å². The number of aliphatic hydroxyl groups is 1. The van der Waals surface area contributed by atoms with Crippen molar-refractivity contribution >= 4 is 11.8 Å². The number of carbonyl (C=O) groups is 2. The van der Waals surface area contributed by atoms with Crippen molar-refractivity contribution in [2.24, 2.45) is 5.92 Å². The van der Waals surface area contributed by atoms with Gasteiger partial charge in [-0.1, -0.05) is 0 Å². The fourth-order valence-electron chi connectivity index (χ4n) is 2.77. The molecule has 6 nitrogen and oxygen atoms in total. The summed E-state index contributed by atoms with van der Waals surface area (Å²) in [6.45, 7) is -1.70. The lowest BCUT2D eigenvalue weighted by Gasteiger charge is -2.36. The molecule has 1 heterocycles. The average molecular weight is 352 g/mol. The molecule has 3 atom stereocenters. The van der Waals surface area contributed by atoms with Crippen molar-refractivity contribution in [2.45, 2.75) is 63.0 Å². The minimum absolute atomic E-state index is 0.0779. The maximum atomic E-state index is 12.1. The Labute approximate surface area is 138 Å². The third-order valence-electron chi connectivity index (χ3n) is 4.21. The summed E-state index contributed by atoms with van der Waals surface area (Å²) < 4.78 is 41.7. The molecule has 3 N–H and O–H groups in total. The van der Waals surface area contributed by atoms with Crippen molar-refractivity contribution in [1.29, 1.82) is 0 Å². The van der Waals surface area contributed by atoms with Crippen LogP contribution in [0.15, 0.2) is 0 Å². The Kier molecular flexibility index (Phi) is 6.45. The van der Waals surface area contributed by atoms with Crippen molar-refractivity contribution in [3.8, 4) is 0 Å². The number of rotatable bonds is 7. The summed E-state index contributed by atoms with van der Waals surface area (Å²) in [5.41, 5.74) is 0. The molecule has 0 radical (unpaired) electrons. The summed E-state index contributed by atoms with van der Waals surface area (Å²) in [5.74, 6) is -0.372. The van der Waals surface area contributed by atoms with E-state index in [1.807, 2.05) is 0 Å². The zero-order valence-electron chi connectivity index (χ0n) is 13.3. The molecule has 2 aliphatic rings. The molecule has 2 fully saturated rings. The predicted molar refractivity (Wildman–Crippen MR) is 77.9 cm³/mol. The Hall–Kier alpha value is -1.35. The number of amides is 2. The van der Waals surface area contributed by atoms with Crippen molar-refractivity contribution in [1.82, 2.24) is 10.6 Å². The van der Waals surface area contributed by atoms with Gasteiger partial charge < -0.3 is 20.5 Å². The van der Waals surface area contributed by atoms with Gasteiger partial charge in [-0.3, -0.25) is 9.59 Å². The molecule has 9 heteroatoms. The first-order valence-electron chi connectivity index (χ1n) is 8.16. The van der Waals surface area contributed by atoms with Crippen molar-refractivity contribution in [3.63, 3.8) is 0 Å². The van der Waals surface area contributed by atoms with Gasteiger partial charge in [-0.2, -0.15) is 13.2 Å². The first kappa shape index (κ1) is 19.0. The van der Waals surface area contributed by atoms with Crippen LogP contribution in [0.4, 0.5) is 13.2 Å². The lowest BCUT2D eigenvalue weighted by Crippen LogP contribution is -2.51. The normalized spacial score (nSPS) is 27.6. The topological polar surface area (TPSA) is 87.7 Å². The predicted octanol–water partition coefficient (Wildman–Crippen LogP) is 0.880. The number of carbonyl (C=O) groups excluding carboxylic acids is 2. The summed E-state index contributed by atoms with van der Waals surface area (Å²) in [6.07, 6.45) is -2.32. The second-order valence-electron chi connectivity index (χ2n) is 6.47. The molecular weight excluding hydrogens is 329 g/mol. The molecular formula is C15H23F3N2O4. The molecule has 1 saturated heterocycles. The number of hydrogen-bond acceptors (Lipinski definition) is 4. The molecule has 0 spiro atoms. The molecule has 0 aromatic heterocycles. The maximum absolute atomic E-state index is 12.1. The Morgan fingerprint density at radius 3 is 2.38 bits per heavy atom. The summed E-state index contributed by atoms with van der Waals surface area (Å²) in [5, 5.41) is 14.0. The molecule has 1 aliphatic heterocycles. The first-order chi connectivity index (χ1) is 11.3. The number of alkyl halides is 3. The van der Waals surface area contributed by atoms with Gasteiger partial charge in [0, 0.05) is 6.42 Å². The third kappa shape index (κ3) is 6.64. The molecule has 0 aromatic rings. The number of halogens is 3. The zero-order valence-corrected chi connectivity index (χ0v) is 13.3. The van der Waals surface area contributed by atoms with E-state index in [2.05, 4.69) is 5.32 Å². The van der Waals surface area contributed by atoms with Gasteiger partial charge in [0.25, 0.3) is 0 Å². The van der Waals surface area contributed by atoms with Crippen molar-refractivity contribution in [3.05, 3.63) is 0 Å². The van der Waals surface area contributed by atoms with Gasteiger partial charge in [0.05, 0.1) is 25.2 Å². The largest absolute Gasteiger partial charge is 0.405 e. The molecule has 2 amide bonds. The minimum atomic E-state index is -4.45. The molecule has 1 saturated carbocycles. The number of aliphatic hydroxyl groups excluding tert-OH is 1. The van der Waals surface area contributed by atoms with Gasteiger partial charge in [-0.05, 0) is 31.6 Å². The third-order valence-corrected chi connectivity index (χ3v) is 4.21. The molecule has 1 aliphatic carbocycles. The quantitative estimate of drug-likeness (QED) is 0.635. The Morgan fingerprint density at radius 1 is 1.08 bits per heavy atom. The van der Waals surface area contributed by atoms with Gasteiger partial charge in [-0.15, -0.1) is 0 Å². The monoisotopic (exact) mass is 352 g/mol. The van der Waals surface area contributed by atoms with Crippen LogP contribution in [0.2, 0.25) is 0 Å². The van der Waals surface area contributed by atoms with E-state index in [-0.39, 0.29) is 25.0 Å². The maximum Gasteiger partial charge on any atom is 0.405 e. The van der Waals surface area contributed by atoms with Crippen LogP contribution in [0.1, 0.15) is 38.5 Å². The summed E-state index contributed by atoms with van der Waals surface area (Å²) in [4.78, 5) is 23.4. The summed E-state index contributed by atoms with van der Waals surface area (Å²) in [7, 11) is 0. The number of nitrogens with one attached hydrogen (secondary N) is 2. The van der Waals surface area contributed by atoms with Crippen LogP contribution in [-0.2, 0) is 14.3 Å². The minimum Gasteiger partial charge on any atom is -0.394 e. The molecule has 0 unspecified atom stereocenters. The fourth-order valence-corrected chi connectivity index (χ4v) is 2.77. The lowest BCUT2D eigenvalue weighted by molar-refractivity contribution is -0.144. The molecule has 0 bridgehead atoms. The Morgan fingerprint density at radius 2 is 1.79 bits per heavy atom. The van der Waals surface area contributed by atoms with E-state index in [1.54, 1.807) is 5.32 Å². The van der Waals surface area contributed by atoms with E-state index >= 15 is 0 Å². The van der Waals surface area contributed by atoms with E-state index < -0.39 is 30.8 Å². The van der Waals surface area contributed by atoms with Gasteiger partial charge in [0.2, 0.25) is 11.8 Å². The second kappa shape index (κ2) is 8.15. The molecule has 0 aromatic carbocycles. The van der Waals surface area contributed by atoms with E-state index in [1.165, 1.54) is 0 Å². The van der Waals surface area contributed by atoms with Crippen LogP contribution in [0.3, 0.4) is 0 Å². The van der Waals surface area contributed by atoms with Crippen molar-refractivity contribution in [2.75, 3.05) is 13.2 Å². The standard InChI is InChI=1S/C15H23F3N2O4/c16-15(17,18)8-19-13(22)6-10-3-4-11(12(7-21)24-10)20-14(23)5-9-1-2-9/h9-12,21H,1-8H2,(H,19,22)(H,20,23)/t10-,11+,12+/m0/s1.